The first-order chi connectivity index (χ1) is 6.20. The van der Waals surface area contributed by atoms with E-state index in [4.69, 9.17) is 5.26 Å². The summed E-state index contributed by atoms with van der Waals surface area (Å²) < 4.78 is 0. The van der Waals surface area contributed by atoms with Crippen molar-refractivity contribution in [3.05, 3.63) is 23.0 Å². The van der Waals surface area contributed by atoms with Gasteiger partial charge in [0.1, 0.15) is 6.07 Å². The number of aliphatic imine (C=N–C) groups is 1. The molecule has 0 fully saturated rings. The monoisotopic (exact) mass is 189 g/mol. The van der Waals surface area contributed by atoms with Crippen molar-refractivity contribution in [2.45, 2.75) is 13.8 Å². The molecule has 0 N–H and O–H groups in total. The lowest BCUT2D eigenvalue weighted by atomic mass is 10.1. The maximum atomic E-state index is 8.81. The molecule has 1 heterocycles. The number of nitrogens with zero attached hydrogens (tertiary/aromatic N) is 3. The highest BCUT2D eigenvalue weighted by molar-refractivity contribution is 7.78. The van der Waals surface area contributed by atoms with Crippen molar-refractivity contribution in [2.24, 2.45) is 4.99 Å². The number of aromatic nitrogens is 1. The largest absolute Gasteiger partial charge is 0.258 e. The third kappa shape index (κ3) is 1.78. The van der Waals surface area contributed by atoms with Crippen molar-refractivity contribution >= 4 is 23.1 Å². The number of rotatable bonds is 1. The second-order valence-electron chi connectivity index (χ2n) is 2.54. The van der Waals surface area contributed by atoms with Crippen LogP contribution in [0.15, 0.2) is 11.2 Å². The van der Waals surface area contributed by atoms with E-state index in [0.29, 0.717) is 16.9 Å². The van der Waals surface area contributed by atoms with Gasteiger partial charge in [0.05, 0.1) is 28.3 Å². The van der Waals surface area contributed by atoms with Crippen LogP contribution in [0.25, 0.3) is 0 Å². The molecule has 4 heteroatoms. The van der Waals surface area contributed by atoms with Gasteiger partial charge in [0.15, 0.2) is 0 Å². The van der Waals surface area contributed by atoms with Crippen LogP contribution in [0.1, 0.15) is 16.8 Å². The van der Waals surface area contributed by atoms with Crippen molar-refractivity contribution in [3.8, 4) is 6.07 Å². The molecule has 0 atom stereocenters. The van der Waals surface area contributed by atoms with E-state index < -0.39 is 0 Å². The van der Waals surface area contributed by atoms with Crippen LogP contribution in [0.5, 0.6) is 0 Å². The lowest BCUT2D eigenvalue weighted by Gasteiger charge is -2.02. The molecule has 0 saturated heterocycles. The Morgan fingerprint density at radius 1 is 1.54 bits per heavy atom. The minimum absolute atomic E-state index is 0.562. The first-order valence-electron chi connectivity index (χ1n) is 3.65. The molecule has 3 nitrogen and oxygen atoms in total. The number of hydrogen-bond donors (Lipinski definition) is 0. The zero-order valence-electron chi connectivity index (χ0n) is 7.33. The number of pyridine rings is 1. The van der Waals surface area contributed by atoms with Crippen LogP contribution in [0.2, 0.25) is 0 Å². The number of aryl methyl sites for hydroxylation is 1. The van der Waals surface area contributed by atoms with E-state index in [9.17, 15) is 0 Å². The molecule has 0 radical (unpaired) electrons. The molecular formula is C9H7N3S. The summed E-state index contributed by atoms with van der Waals surface area (Å²) in [5.41, 5.74) is 2.68. The Morgan fingerprint density at radius 2 is 2.23 bits per heavy atom. The van der Waals surface area contributed by atoms with E-state index >= 15 is 0 Å². The number of hydrogen-bond acceptors (Lipinski definition) is 4. The molecule has 1 rings (SSSR count). The van der Waals surface area contributed by atoms with Gasteiger partial charge in [0.25, 0.3) is 0 Å². The molecule has 0 spiro atoms. The fourth-order valence-corrected chi connectivity index (χ4v) is 1.14. The van der Waals surface area contributed by atoms with E-state index in [-0.39, 0.29) is 0 Å². The van der Waals surface area contributed by atoms with Crippen LogP contribution in [0.3, 0.4) is 0 Å². The lowest BCUT2D eigenvalue weighted by molar-refractivity contribution is 1.15. The maximum absolute atomic E-state index is 8.81. The van der Waals surface area contributed by atoms with E-state index in [2.05, 4.69) is 33.4 Å². The van der Waals surface area contributed by atoms with Gasteiger partial charge in [-0.05, 0) is 31.6 Å². The molecule has 0 aromatic carbocycles. The van der Waals surface area contributed by atoms with Crippen molar-refractivity contribution < 1.29 is 0 Å². The Balaban J connectivity index is 3.46. The van der Waals surface area contributed by atoms with E-state index in [1.54, 1.807) is 13.1 Å². The van der Waals surface area contributed by atoms with Gasteiger partial charge in [-0.3, -0.25) is 4.98 Å². The smallest absolute Gasteiger partial charge is 0.101 e. The standard InChI is InChI=1S/C9H7N3S/c1-6-8(3-10)7(2)11-4-9(6)12-5-13/h4H,1-2H3. The van der Waals surface area contributed by atoms with E-state index in [0.717, 1.165) is 5.56 Å². The summed E-state index contributed by atoms with van der Waals surface area (Å²) in [6.45, 7) is 3.61. The summed E-state index contributed by atoms with van der Waals surface area (Å²) in [4.78, 5) is 7.83. The van der Waals surface area contributed by atoms with Crippen LogP contribution in [0, 0.1) is 25.2 Å². The highest BCUT2D eigenvalue weighted by Crippen LogP contribution is 2.21. The first kappa shape index (κ1) is 9.53. The Kier molecular flexibility index (Phi) is 2.86. The summed E-state index contributed by atoms with van der Waals surface area (Å²) >= 11 is 4.48. The van der Waals surface area contributed by atoms with Gasteiger partial charge in [0.2, 0.25) is 0 Å². The van der Waals surface area contributed by atoms with Gasteiger partial charge in [0, 0.05) is 0 Å². The minimum Gasteiger partial charge on any atom is -0.258 e. The highest BCUT2D eigenvalue weighted by atomic mass is 32.1. The fraction of sp³-hybridized carbons (Fsp3) is 0.222. The summed E-state index contributed by atoms with van der Waals surface area (Å²) in [5.74, 6) is 0. The Bertz CT molecular complexity index is 425. The molecule has 0 aliphatic carbocycles. The molecule has 0 aliphatic rings. The second-order valence-corrected chi connectivity index (χ2v) is 2.73. The van der Waals surface area contributed by atoms with Crippen molar-refractivity contribution in [2.75, 3.05) is 0 Å². The zero-order chi connectivity index (χ0) is 9.84. The van der Waals surface area contributed by atoms with Crippen LogP contribution in [-0.2, 0) is 0 Å². The Morgan fingerprint density at radius 3 is 2.77 bits per heavy atom. The second kappa shape index (κ2) is 3.90. The van der Waals surface area contributed by atoms with E-state index in [1.165, 1.54) is 0 Å². The topological polar surface area (TPSA) is 49.0 Å². The Labute approximate surface area is 81.8 Å². The lowest BCUT2D eigenvalue weighted by Crippen LogP contribution is -1.91. The van der Waals surface area contributed by atoms with Crippen LogP contribution >= 0.6 is 12.2 Å². The molecule has 0 saturated carbocycles. The third-order valence-electron chi connectivity index (χ3n) is 1.78. The molecule has 1 aromatic rings. The third-order valence-corrected chi connectivity index (χ3v) is 1.87. The van der Waals surface area contributed by atoms with Gasteiger partial charge in [-0.2, -0.15) is 10.3 Å². The minimum atomic E-state index is 0.562. The fourth-order valence-electron chi connectivity index (χ4n) is 1.05. The van der Waals surface area contributed by atoms with E-state index in [1.807, 2.05) is 6.92 Å². The average molecular weight is 189 g/mol. The summed E-state index contributed by atoms with van der Waals surface area (Å²) in [6.07, 6.45) is 1.59. The van der Waals surface area contributed by atoms with Crippen LogP contribution < -0.4 is 0 Å². The first-order valence-corrected chi connectivity index (χ1v) is 4.05. The molecular weight excluding hydrogens is 182 g/mol. The van der Waals surface area contributed by atoms with Gasteiger partial charge >= 0.3 is 0 Å². The number of isothiocyanates is 1. The summed E-state index contributed by atoms with van der Waals surface area (Å²) in [5, 5.41) is 11.1. The van der Waals surface area contributed by atoms with Gasteiger partial charge in [-0.15, -0.1) is 0 Å². The molecule has 0 bridgehead atoms. The average Bonchev–Trinajstić information content (AvgIpc) is 2.11. The predicted molar refractivity (Wildman–Crippen MR) is 53.1 cm³/mol. The molecule has 1 aromatic heterocycles. The van der Waals surface area contributed by atoms with Gasteiger partial charge in [-0.25, -0.2) is 0 Å². The normalized spacial score (nSPS) is 8.69. The maximum Gasteiger partial charge on any atom is 0.101 e. The molecule has 13 heavy (non-hydrogen) atoms. The number of nitriles is 1. The molecule has 0 amide bonds. The predicted octanol–water partition coefficient (Wildman–Crippen LogP) is 2.30. The van der Waals surface area contributed by atoms with Crippen molar-refractivity contribution in [1.29, 1.82) is 5.26 Å². The van der Waals surface area contributed by atoms with Crippen LogP contribution in [-0.4, -0.2) is 10.1 Å². The van der Waals surface area contributed by atoms with Gasteiger partial charge < -0.3 is 0 Å². The van der Waals surface area contributed by atoms with Crippen molar-refractivity contribution in [1.82, 2.24) is 4.98 Å². The molecule has 0 unspecified atom stereocenters. The number of thiocarbonyl (C=S) groups is 1. The Hall–Kier alpha value is -1.56. The molecule has 64 valence electrons. The quantitative estimate of drug-likeness (QED) is 0.503. The summed E-state index contributed by atoms with van der Waals surface area (Å²) in [7, 11) is 0. The van der Waals surface area contributed by atoms with Gasteiger partial charge in [-0.1, -0.05) is 0 Å². The van der Waals surface area contributed by atoms with Crippen LogP contribution in [0.4, 0.5) is 5.69 Å². The highest BCUT2D eigenvalue weighted by Gasteiger charge is 2.06. The van der Waals surface area contributed by atoms with Crippen molar-refractivity contribution in [3.63, 3.8) is 0 Å². The molecule has 0 aliphatic heterocycles. The zero-order valence-corrected chi connectivity index (χ0v) is 8.14. The summed E-state index contributed by atoms with van der Waals surface area (Å²) in [6, 6.07) is 2.08. The SMILES string of the molecule is Cc1ncc(N=C=S)c(C)c1C#N.